The van der Waals surface area contributed by atoms with Gasteiger partial charge in [-0.15, -0.1) is 0 Å². The largest absolute Gasteiger partial charge is 0.492 e. The number of nitrogens with one attached hydrogen (secondary N) is 2. The highest BCUT2D eigenvalue weighted by Gasteiger charge is 2.16. The van der Waals surface area contributed by atoms with Crippen molar-refractivity contribution >= 4 is 29.3 Å². The first-order valence-electron chi connectivity index (χ1n) is 9.92. The van der Waals surface area contributed by atoms with Crippen molar-refractivity contribution in [1.82, 2.24) is 10.3 Å². The molecule has 0 radical (unpaired) electrons. The van der Waals surface area contributed by atoms with Gasteiger partial charge in [0.25, 0.3) is 5.91 Å². The number of nitrogens with zero attached hydrogens (tertiary/aromatic N) is 1. The van der Waals surface area contributed by atoms with Crippen LogP contribution in [0.3, 0.4) is 0 Å². The van der Waals surface area contributed by atoms with Gasteiger partial charge in [-0.1, -0.05) is 30.0 Å². The summed E-state index contributed by atoms with van der Waals surface area (Å²) in [5, 5.41) is 6.11. The van der Waals surface area contributed by atoms with E-state index in [0.717, 1.165) is 5.75 Å². The lowest BCUT2D eigenvalue weighted by molar-refractivity contribution is -0.113. The van der Waals surface area contributed by atoms with Crippen LogP contribution in [0.4, 0.5) is 5.69 Å². The predicted molar refractivity (Wildman–Crippen MR) is 120 cm³/mol. The second kappa shape index (κ2) is 10.5. The molecule has 0 saturated carbocycles. The third-order valence-corrected chi connectivity index (χ3v) is 5.42. The number of benzene rings is 2. The fourth-order valence-corrected chi connectivity index (χ4v) is 3.72. The standard InChI is InChI=1S/C23H21N3O5S/c27-21(26-16-8-9-19-20(13-16)31-15-30-19)14-32-23-18(7-4-10-25-23)22(28)24-11-12-29-17-5-2-1-3-6-17/h1-10,13H,11-12,14-15H2,(H,24,28)(H,26,27). The zero-order valence-corrected chi connectivity index (χ0v) is 17.9. The summed E-state index contributed by atoms with van der Waals surface area (Å²) in [5.41, 5.74) is 1.02. The number of carbonyl (C=O) groups excluding carboxylic acids is 2. The van der Waals surface area contributed by atoms with E-state index in [1.54, 1.807) is 36.5 Å². The van der Waals surface area contributed by atoms with Gasteiger partial charge in [0.2, 0.25) is 12.7 Å². The highest BCUT2D eigenvalue weighted by Crippen LogP contribution is 2.34. The predicted octanol–water partition coefficient (Wildman–Crippen LogP) is 3.35. The van der Waals surface area contributed by atoms with Gasteiger partial charge in [0.05, 0.1) is 17.9 Å². The Labute approximate surface area is 189 Å². The first kappa shape index (κ1) is 21.5. The Bertz CT molecular complexity index is 1090. The van der Waals surface area contributed by atoms with Crippen molar-refractivity contribution in [3.8, 4) is 17.2 Å². The van der Waals surface area contributed by atoms with Gasteiger partial charge in [-0.2, -0.15) is 0 Å². The van der Waals surface area contributed by atoms with Crippen LogP contribution in [0.1, 0.15) is 10.4 Å². The second-order valence-electron chi connectivity index (χ2n) is 6.68. The molecule has 1 aromatic heterocycles. The third-order valence-electron chi connectivity index (χ3n) is 4.41. The number of anilines is 1. The molecule has 32 heavy (non-hydrogen) atoms. The number of thioether (sulfide) groups is 1. The fourth-order valence-electron chi connectivity index (χ4n) is 2.93. The monoisotopic (exact) mass is 451 g/mol. The molecule has 0 aliphatic carbocycles. The van der Waals surface area contributed by atoms with E-state index >= 15 is 0 Å². The van der Waals surface area contributed by atoms with Crippen molar-refractivity contribution in [3.05, 3.63) is 72.4 Å². The SMILES string of the molecule is O=C(CSc1ncccc1C(=O)NCCOc1ccccc1)Nc1ccc2c(c1)OCO2. The molecule has 0 bridgehead atoms. The average Bonchev–Trinajstić information content (AvgIpc) is 3.29. The van der Waals surface area contributed by atoms with E-state index in [-0.39, 0.29) is 24.4 Å². The highest BCUT2D eigenvalue weighted by atomic mass is 32.2. The van der Waals surface area contributed by atoms with Crippen molar-refractivity contribution in [3.63, 3.8) is 0 Å². The highest BCUT2D eigenvalue weighted by molar-refractivity contribution is 8.00. The number of fused-ring (bicyclic) bond motifs is 1. The molecular weight excluding hydrogens is 430 g/mol. The van der Waals surface area contributed by atoms with E-state index in [0.29, 0.717) is 40.9 Å². The summed E-state index contributed by atoms with van der Waals surface area (Å²) < 4.78 is 16.2. The van der Waals surface area contributed by atoms with Gasteiger partial charge in [0.15, 0.2) is 11.5 Å². The zero-order chi connectivity index (χ0) is 22.2. The Kier molecular flexibility index (Phi) is 7.08. The van der Waals surface area contributed by atoms with Crippen LogP contribution < -0.4 is 24.8 Å². The van der Waals surface area contributed by atoms with Gasteiger partial charge in [-0.3, -0.25) is 9.59 Å². The number of ether oxygens (including phenoxy) is 3. The summed E-state index contributed by atoms with van der Waals surface area (Å²) in [6, 6.07) is 17.9. The molecule has 0 spiro atoms. The Balaban J connectivity index is 1.27. The Morgan fingerprint density at radius 3 is 2.75 bits per heavy atom. The van der Waals surface area contributed by atoms with Crippen LogP contribution in [0.25, 0.3) is 0 Å². The summed E-state index contributed by atoms with van der Waals surface area (Å²) in [5.74, 6) is 1.59. The first-order chi connectivity index (χ1) is 15.7. The van der Waals surface area contributed by atoms with Gasteiger partial charge in [-0.05, 0) is 36.4 Å². The molecule has 2 aromatic carbocycles. The second-order valence-corrected chi connectivity index (χ2v) is 7.64. The van der Waals surface area contributed by atoms with Gasteiger partial charge in [-0.25, -0.2) is 4.98 Å². The van der Waals surface area contributed by atoms with Crippen LogP contribution in [-0.2, 0) is 4.79 Å². The van der Waals surface area contributed by atoms with E-state index in [1.165, 1.54) is 11.8 Å². The minimum absolute atomic E-state index is 0.100. The number of rotatable bonds is 9. The van der Waals surface area contributed by atoms with Crippen LogP contribution in [0.2, 0.25) is 0 Å². The minimum atomic E-state index is -0.270. The quantitative estimate of drug-likeness (QED) is 0.380. The van der Waals surface area contributed by atoms with Gasteiger partial charge in [0, 0.05) is 18.0 Å². The summed E-state index contributed by atoms with van der Waals surface area (Å²) in [7, 11) is 0. The molecule has 1 aliphatic rings. The van der Waals surface area contributed by atoms with E-state index in [1.807, 2.05) is 30.3 Å². The molecule has 164 valence electrons. The van der Waals surface area contributed by atoms with E-state index in [9.17, 15) is 9.59 Å². The summed E-state index contributed by atoms with van der Waals surface area (Å²) in [4.78, 5) is 29.2. The number of para-hydroxylation sites is 1. The van der Waals surface area contributed by atoms with Crippen LogP contribution in [0.5, 0.6) is 17.2 Å². The molecule has 0 atom stereocenters. The molecule has 2 amide bonds. The molecule has 0 fully saturated rings. The molecule has 8 nitrogen and oxygen atoms in total. The molecular formula is C23H21N3O5S. The Hall–Kier alpha value is -3.72. The van der Waals surface area contributed by atoms with Gasteiger partial charge < -0.3 is 24.8 Å². The lowest BCUT2D eigenvalue weighted by Gasteiger charge is -2.10. The zero-order valence-electron chi connectivity index (χ0n) is 17.1. The number of hydrogen-bond acceptors (Lipinski definition) is 7. The smallest absolute Gasteiger partial charge is 0.254 e. The van der Waals surface area contributed by atoms with Crippen molar-refractivity contribution in [1.29, 1.82) is 0 Å². The minimum Gasteiger partial charge on any atom is -0.492 e. The van der Waals surface area contributed by atoms with Gasteiger partial charge >= 0.3 is 0 Å². The topological polar surface area (TPSA) is 98.8 Å². The van der Waals surface area contributed by atoms with Crippen LogP contribution >= 0.6 is 11.8 Å². The summed E-state index contributed by atoms with van der Waals surface area (Å²) in [6.07, 6.45) is 1.59. The molecule has 1 aliphatic heterocycles. The molecule has 0 unspecified atom stereocenters. The van der Waals surface area contributed by atoms with E-state index in [4.69, 9.17) is 14.2 Å². The summed E-state index contributed by atoms with van der Waals surface area (Å²) in [6.45, 7) is 0.860. The van der Waals surface area contributed by atoms with Crippen molar-refractivity contribution in [2.24, 2.45) is 0 Å². The molecule has 4 rings (SSSR count). The van der Waals surface area contributed by atoms with Crippen LogP contribution in [-0.4, -0.2) is 42.5 Å². The molecule has 0 saturated heterocycles. The van der Waals surface area contributed by atoms with Crippen LogP contribution in [0, 0.1) is 0 Å². The van der Waals surface area contributed by atoms with Crippen molar-refractivity contribution < 1.29 is 23.8 Å². The number of carbonyl (C=O) groups is 2. The van der Waals surface area contributed by atoms with Crippen molar-refractivity contribution in [2.45, 2.75) is 5.03 Å². The Morgan fingerprint density at radius 2 is 1.88 bits per heavy atom. The normalized spacial score (nSPS) is 11.6. The van der Waals surface area contributed by atoms with Gasteiger partial charge in [0.1, 0.15) is 17.4 Å². The number of hydrogen-bond donors (Lipinski definition) is 2. The fraction of sp³-hybridized carbons (Fsp3) is 0.174. The van der Waals surface area contributed by atoms with Crippen LogP contribution in [0.15, 0.2) is 71.9 Å². The molecule has 2 heterocycles. The number of amides is 2. The number of aromatic nitrogens is 1. The number of pyridine rings is 1. The summed E-state index contributed by atoms with van der Waals surface area (Å²) >= 11 is 1.19. The van der Waals surface area contributed by atoms with Crippen molar-refractivity contribution in [2.75, 3.05) is 31.0 Å². The lowest BCUT2D eigenvalue weighted by atomic mass is 10.2. The molecule has 3 aromatic rings. The van der Waals surface area contributed by atoms with E-state index < -0.39 is 0 Å². The maximum absolute atomic E-state index is 12.6. The lowest BCUT2D eigenvalue weighted by Crippen LogP contribution is -2.28. The molecule has 2 N–H and O–H groups in total. The average molecular weight is 452 g/mol. The Morgan fingerprint density at radius 1 is 1.03 bits per heavy atom. The first-order valence-corrected chi connectivity index (χ1v) is 10.9. The third kappa shape index (κ3) is 5.70. The maximum atomic E-state index is 12.6. The van der Waals surface area contributed by atoms with E-state index in [2.05, 4.69) is 15.6 Å². The molecule has 9 heteroatoms. The maximum Gasteiger partial charge on any atom is 0.254 e.